The largest absolute Gasteiger partial charge is 0.508 e. The number of benzene rings is 2. The molecule has 0 amide bonds. The van der Waals surface area contributed by atoms with Crippen molar-refractivity contribution in [2.75, 3.05) is 20.7 Å². The van der Waals surface area contributed by atoms with E-state index in [1.54, 1.807) is 7.11 Å². The third kappa shape index (κ3) is 2.00. The molecule has 2 aromatic carbocycles. The molecule has 22 heavy (non-hydrogen) atoms. The summed E-state index contributed by atoms with van der Waals surface area (Å²) >= 11 is 0. The summed E-state index contributed by atoms with van der Waals surface area (Å²) < 4.78 is 6.46. The third-order valence-corrected chi connectivity index (χ3v) is 5.49. The topological polar surface area (TPSA) is 29.5 Å². The minimum atomic E-state index is 0.378. The van der Waals surface area contributed by atoms with E-state index in [1.165, 1.54) is 22.3 Å². The van der Waals surface area contributed by atoms with Crippen LogP contribution in [0.3, 0.4) is 0 Å². The summed E-state index contributed by atoms with van der Waals surface area (Å²) in [5.41, 5.74) is 5.56. The molecular weight excluding hydrogens is 274 g/mol. The lowest BCUT2D eigenvalue weighted by Crippen LogP contribution is -2.53. The molecule has 2 aliphatic rings. The van der Waals surface area contributed by atoms with Gasteiger partial charge in [-0.3, -0.25) is 0 Å². The molecule has 2 heterocycles. The average molecular weight is 296 g/mol. The van der Waals surface area contributed by atoms with Crippen LogP contribution in [0.25, 0.3) is 0 Å². The molecule has 0 aromatic heterocycles. The normalized spacial score (nSPS) is 25.8. The maximum atomic E-state index is 9.77. The molecule has 2 aliphatic heterocycles. The van der Waals surface area contributed by atoms with Crippen LogP contribution in [0.2, 0.25) is 0 Å². The highest BCUT2D eigenvalue weighted by molar-refractivity contribution is 5.42. The molecule has 0 aliphatic carbocycles. The zero-order valence-corrected chi connectivity index (χ0v) is 13.2. The van der Waals surface area contributed by atoms with Crippen LogP contribution >= 0.6 is 0 Å². The molecule has 0 radical (unpaired) electrons. The van der Waals surface area contributed by atoms with Crippen molar-refractivity contribution in [1.82, 2.24) is 0 Å². The van der Waals surface area contributed by atoms with E-state index in [4.69, 9.17) is 4.74 Å². The van der Waals surface area contributed by atoms with Gasteiger partial charge in [0.05, 0.1) is 20.7 Å². The van der Waals surface area contributed by atoms with Gasteiger partial charge in [0.1, 0.15) is 24.1 Å². The fourth-order valence-corrected chi connectivity index (χ4v) is 4.18. The first-order valence-corrected chi connectivity index (χ1v) is 7.91. The number of aromatic hydroxyl groups is 1. The van der Waals surface area contributed by atoms with Gasteiger partial charge < -0.3 is 14.3 Å². The summed E-state index contributed by atoms with van der Waals surface area (Å²) in [4.78, 5) is 0. The van der Waals surface area contributed by atoms with Gasteiger partial charge in [-0.25, -0.2) is 0 Å². The Labute approximate surface area is 131 Å². The molecule has 0 saturated carbocycles. The van der Waals surface area contributed by atoms with Gasteiger partial charge in [-0.15, -0.1) is 0 Å². The molecule has 3 nitrogen and oxygen atoms in total. The molecule has 114 valence electrons. The second-order valence-corrected chi connectivity index (χ2v) is 6.85. The number of hydrogen-bond donors (Lipinski definition) is 1. The number of quaternary nitrogens is 1. The van der Waals surface area contributed by atoms with E-state index in [2.05, 4.69) is 31.3 Å². The van der Waals surface area contributed by atoms with Crippen molar-refractivity contribution in [1.29, 1.82) is 0 Å². The van der Waals surface area contributed by atoms with E-state index in [1.807, 2.05) is 12.1 Å². The number of phenols is 1. The van der Waals surface area contributed by atoms with Crippen LogP contribution in [0.15, 0.2) is 36.4 Å². The Morgan fingerprint density at radius 1 is 1.09 bits per heavy atom. The Balaban J connectivity index is 1.82. The van der Waals surface area contributed by atoms with E-state index < -0.39 is 0 Å². The van der Waals surface area contributed by atoms with E-state index in [9.17, 15) is 5.11 Å². The second kappa shape index (κ2) is 4.75. The predicted molar refractivity (Wildman–Crippen MR) is 86.0 cm³/mol. The van der Waals surface area contributed by atoms with Crippen molar-refractivity contribution in [3.63, 3.8) is 0 Å². The van der Waals surface area contributed by atoms with Gasteiger partial charge in [0.15, 0.2) is 0 Å². The zero-order valence-electron chi connectivity index (χ0n) is 13.2. The molecule has 0 spiro atoms. The van der Waals surface area contributed by atoms with Crippen molar-refractivity contribution in [3.8, 4) is 11.5 Å². The number of rotatable bonds is 1. The van der Waals surface area contributed by atoms with E-state index in [0.717, 1.165) is 36.2 Å². The summed E-state index contributed by atoms with van der Waals surface area (Å²) in [5.74, 6) is 1.33. The first-order valence-electron chi connectivity index (χ1n) is 7.91. The molecule has 0 fully saturated rings. The number of ether oxygens (including phenoxy) is 1. The summed E-state index contributed by atoms with van der Waals surface area (Å²) in [6.07, 6.45) is 2.15. The van der Waals surface area contributed by atoms with Crippen LogP contribution in [0.1, 0.15) is 28.3 Å². The highest BCUT2D eigenvalue weighted by atomic mass is 16.5. The molecule has 2 unspecified atom stereocenters. The van der Waals surface area contributed by atoms with Gasteiger partial charge in [0.2, 0.25) is 0 Å². The summed E-state index contributed by atoms with van der Waals surface area (Å²) in [6, 6.07) is 12.8. The SMILES string of the molecule is COc1ccc2c(c1)C1Cc3ccc(O)cc3C[N+]1(C)CC2. The predicted octanol–water partition coefficient (Wildman–Crippen LogP) is 3.20. The van der Waals surface area contributed by atoms with Gasteiger partial charge in [0.25, 0.3) is 0 Å². The molecule has 0 bridgehead atoms. The molecule has 2 atom stereocenters. The number of hydrogen-bond acceptors (Lipinski definition) is 2. The average Bonchev–Trinajstić information content (AvgIpc) is 2.52. The lowest BCUT2D eigenvalue weighted by Gasteiger charge is -2.48. The maximum absolute atomic E-state index is 9.77. The fraction of sp³-hybridized carbons (Fsp3) is 0.368. The molecule has 2 aromatic rings. The quantitative estimate of drug-likeness (QED) is 0.819. The lowest BCUT2D eigenvalue weighted by molar-refractivity contribution is -0.956. The molecular formula is C19H22NO2+. The minimum absolute atomic E-state index is 0.378. The monoisotopic (exact) mass is 296 g/mol. The summed E-state index contributed by atoms with van der Waals surface area (Å²) in [6.45, 7) is 2.14. The van der Waals surface area contributed by atoms with Crippen LogP contribution in [-0.2, 0) is 19.4 Å². The van der Waals surface area contributed by atoms with Crippen molar-refractivity contribution < 1.29 is 14.3 Å². The van der Waals surface area contributed by atoms with Gasteiger partial charge in [-0.2, -0.15) is 0 Å². The van der Waals surface area contributed by atoms with Crippen molar-refractivity contribution in [2.45, 2.75) is 25.4 Å². The smallest absolute Gasteiger partial charge is 0.119 e. The van der Waals surface area contributed by atoms with Gasteiger partial charge in [-0.05, 0) is 35.4 Å². The van der Waals surface area contributed by atoms with Crippen molar-refractivity contribution in [3.05, 3.63) is 58.7 Å². The molecule has 4 rings (SSSR count). The van der Waals surface area contributed by atoms with Crippen LogP contribution in [0.5, 0.6) is 11.5 Å². The maximum Gasteiger partial charge on any atom is 0.119 e. The summed E-state index contributed by atoms with van der Waals surface area (Å²) in [5, 5.41) is 9.77. The molecule has 0 saturated heterocycles. The number of nitrogens with zero attached hydrogens (tertiary/aromatic N) is 1. The highest BCUT2D eigenvalue weighted by Crippen LogP contribution is 2.44. The Morgan fingerprint density at radius 2 is 1.91 bits per heavy atom. The second-order valence-electron chi connectivity index (χ2n) is 6.85. The van der Waals surface area contributed by atoms with Crippen molar-refractivity contribution >= 4 is 0 Å². The Bertz CT molecular complexity index is 740. The molecule has 1 N–H and O–H groups in total. The van der Waals surface area contributed by atoms with Crippen LogP contribution in [0, 0.1) is 0 Å². The van der Waals surface area contributed by atoms with E-state index >= 15 is 0 Å². The number of fused-ring (bicyclic) bond motifs is 4. The first kappa shape index (κ1) is 13.6. The Morgan fingerprint density at radius 3 is 2.73 bits per heavy atom. The van der Waals surface area contributed by atoms with Crippen LogP contribution in [-0.4, -0.2) is 30.3 Å². The van der Waals surface area contributed by atoms with Gasteiger partial charge >= 0.3 is 0 Å². The Hall–Kier alpha value is -2.00. The van der Waals surface area contributed by atoms with Crippen molar-refractivity contribution in [2.24, 2.45) is 0 Å². The zero-order chi connectivity index (χ0) is 15.3. The van der Waals surface area contributed by atoms with Gasteiger partial charge in [0, 0.05) is 24.0 Å². The first-order chi connectivity index (χ1) is 10.6. The highest BCUT2D eigenvalue weighted by Gasteiger charge is 2.42. The van der Waals surface area contributed by atoms with E-state index in [-0.39, 0.29) is 0 Å². The fourth-order valence-electron chi connectivity index (χ4n) is 4.18. The lowest BCUT2D eigenvalue weighted by atomic mass is 9.82. The summed E-state index contributed by atoms with van der Waals surface area (Å²) in [7, 11) is 4.08. The Kier molecular flexibility index (Phi) is 2.95. The number of phenolic OH excluding ortho intramolecular Hbond substituents is 1. The minimum Gasteiger partial charge on any atom is -0.508 e. The van der Waals surface area contributed by atoms with Gasteiger partial charge in [-0.1, -0.05) is 12.1 Å². The van der Waals surface area contributed by atoms with E-state index in [0.29, 0.717) is 11.8 Å². The third-order valence-electron chi connectivity index (χ3n) is 5.49. The molecule has 3 heteroatoms. The van der Waals surface area contributed by atoms with Crippen LogP contribution < -0.4 is 4.74 Å². The number of methoxy groups -OCH3 is 1. The number of likely N-dealkylation sites (N-methyl/N-ethyl adjacent to an activating group) is 1. The standard InChI is InChI=1S/C19H21NO2/c1-20-8-7-13-4-6-17(22-2)11-18(13)19(20)10-14-3-5-16(21)9-15(14)12-20/h3-6,9,11,19H,7-8,10,12H2,1-2H3/p+1. The van der Waals surface area contributed by atoms with Crippen LogP contribution in [0.4, 0.5) is 0 Å².